The number of rotatable bonds is 2. The topological polar surface area (TPSA) is 49.4 Å². The van der Waals surface area contributed by atoms with Crippen molar-refractivity contribution in [2.75, 3.05) is 5.43 Å². The van der Waals surface area contributed by atoms with Crippen LogP contribution >= 0.6 is 31.9 Å². The van der Waals surface area contributed by atoms with Crippen molar-refractivity contribution in [2.24, 2.45) is 23.7 Å². The molecule has 0 radical (unpaired) electrons. The first-order chi connectivity index (χ1) is 10.1. The van der Waals surface area contributed by atoms with Crippen LogP contribution in [0, 0.1) is 23.7 Å². The summed E-state index contributed by atoms with van der Waals surface area (Å²) in [5.74, 6) is 0.0102. The van der Waals surface area contributed by atoms with Gasteiger partial charge in [0.2, 0.25) is 0 Å². The number of anilines is 1. The number of nitrogens with zero attached hydrogens (tertiary/aromatic N) is 1. The molecule has 1 N–H and O–H groups in total. The number of para-hydroxylation sites is 1. The van der Waals surface area contributed by atoms with E-state index in [0.717, 1.165) is 12.1 Å². The summed E-state index contributed by atoms with van der Waals surface area (Å²) < 4.78 is 0. The SMILES string of the molecule is O=C1[C@H]2[C@@H]3C[C@@H]([C@@H](Br)[C@H]3Br)[C@@H]2C(=O)N1Nc1ccccc1. The molecule has 2 saturated carbocycles. The van der Waals surface area contributed by atoms with E-state index in [1.807, 2.05) is 30.3 Å². The average Bonchev–Trinajstić information content (AvgIpc) is 3.09. The van der Waals surface area contributed by atoms with Gasteiger partial charge in [0.05, 0.1) is 17.5 Å². The third-order valence-corrected chi connectivity index (χ3v) is 8.21. The van der Waals surface area contributed by atoms with Crippen molar-refractivity contribution in [1.29, 1.82) is 0 Å². The second-order valence-electron chi connectivity index (χ2n) is 5.99. The Kier molecular flexibility index (Phi) is 3.15. The molecular weight excluding hydrogens is 400 g/mol. The normalized spacial score (nSPS) is 40.8. The molecule has 21 heavy (non-hydrogen) atoms. The highest BCUT2D eigenvalue weighted by Gasteiger charge is 2.66. The van der Waals surface area contributed by atoms with Gasteiger partial charge in [0.15, 0.2) is 0 Å². The van der Waals surface area contributed by atoms with Gasteiger partial charge in [-0.3, -0.25) is 15.0 Å². The summed E-state index contributed by atoms with van der Waals surface area (Å²) in [6.45, 7) is 0. The molecule has 4 rings (SSSR count). The monoisotopic (exact) mass is 412 g/mol. The fourth-order valence-electron chi connectivity index (χ4n) is 4.10. The van der Waals surface area contributed by atoms with Gasteiger partial charge in [-0.05, 0) is 30.4 Å². The quantitative estimate of drug-likeness (QED) is 0.599. The maximum atomic E-state index is 12.7. The third kappa shape index (κ3) is 1.84. The Labute approximate surface area is 139 Å². The van der Waals surface area contributed by atoms with E-state index in [1.54, 1.807) is 0 Å². The maximum absolute atomic E-state index is 12.7. The van der Waals surface area contributed by atoms with Gasteiger partial charge in [-0.15, -0.1) is 0 Å². The van der Waals surface area contributed by atoms with E-state index in [4.69, 9.17) is 0 Å². The molecule has 0 unspecified atom stereocenters. The predicted octanol–water partition coefficient (Wildman–Crippen LogP) is 2.79. The molecule has 0 spiro atoms. The van der Waals surface area contributed by atoms with Crippen molar-refractivity contribution >= 4 is 49.4 Å². The van der Waals surface area contributed by atoms with Crippen LogP contribution in [0.3, 0.4) is 0 Å². The number of amides is 2. The largest absolute Gasteiger partial charge is 0.289 e. The molecule has 110 valence electrons. The lowest BCUT2D eigenvalue weighted by molar-refractivity contribution is -0.139. The van der Waals surface area contributed by atoms with E-state index in [-0.39, 0.29) is 45.1 Å². The van der Waals surface area contributed by atoms with Crippen LogP contribution < -0.4 is 5.43 Å². The van der Waals surface area contributed by atoms with Gasteiger partial charge in [0, 0.05) is 9.65 Å². The highest BCUT2D eigenvalue weighted by Crippen LogP contribution is 2.60. The standard InChI is InChI=1S/C15H14Br2N2O2/c16-12-8-6-9(13(12)17)11-10(8)14(20)19(15(11)21)18-7-4-2-1-3-5-7/h1-5,8-13,18H,6H2/t8-,9+,10-,11-,12-,13+/m0/s1. The van der Waals surface area contributed by atoms with Crippen LogP contribution in [0.5, 0.6) is 0 Å². The molecule has 3 aliphatic rings. The number of alkyl halides is 2. The van der Waals surface area contributed by atoms with Crippen LogP contribution in [-0.2, 0) is 9.59 Å². The van der Waals surface area contributed by atoms with E-state index in [2.05, 4.69) is 37.3 Å². The van der Waals surface area contributed by atoms with Crippen LogP contribution in [0.25, 0.3) is 0 Å². The van der Waals surface area contributed by atoms with Crippen LogP contribution in [-0.4, -0.2) is 26.5 Å². The highest BCUT2D eigenvalue weighted by atomic mass is 79.9. The molecule has 1 aromatic carbocycles. The molecule has 1 aliphatic heterocycles. The molecule has 2 bridgehead atoms. The fourth-order valence-corrected chi connectivity index (χ4v) is 5.97. The van der Waals surface area contributed by atoms with E-state index in [1.165, 1.54) is 5.01 Å². The molecule has 3 fully saturated rings. The van der Waals surface area contributed by atoms with Crippen molar-refractivity contribution in [3.63, 3.8) is 0 Å². The second-order valence-corrected chi connectivity index (χ2v) is 8.11. The summed E-state index contributed by atoms with van der Waals surface area (Å²) in [5.41, 5.74) is 3.73. The summed E-state index contributed by atoms with van der Waals surface area (Å²) in [4.78, 5) is 25.9. The minimum absolute atomic E-state index is 0.0785. The van der Waals surface area contributed by atoms with E-state index in [9.17, 15) is 9.59 Å². The molecular formula is C15H14Br2N2O2. The summed E-state index contributed by atoms with van der Waals surface area (Å²) in [6, 6.07) is 9.36. The van der Waals surface area contributed by atoms with Gasteiger partial charge in [-0.2, -0.15) is 5.01 Å². The van der Waals surface area contributed by atoms with Crippen LogP contribution in [0.1, 0.15) is 6.42 Å². The number of nitrogens with one attached hydrogen (secondary N) is 1. The number of benzene rings is 1. The minimum atomic E-state index is -0.170. The number of hydrazine groups is 1. The first kappa shape index (κ1) is 13.8. The van der Waals surface area contributed by atoms with Crippen molar-refractivity contribution < 1.29 is 9.59 Å². The Morgan fingerprint density at radius 3 is 2.00 bits per heavy atom. The lowest BCUT2D eigenvalue weighted by Gasteiger charge is -2.28. The summed E-state index contributed by atoms with van der Waals surface area (Å²) in [7, 11) is 0. The molecule has 1 heterocycles. The van der Waals surface area contributed by atoms with Crippen molar-refractivity contribution in [3.05, 3.63) is 30.3 Å². The van der Waals surface area contributed by atoms with Crippen molar-refractivity contribution in [3.8, 4) is 0 Å². The maximum Gasteiger partial charge on any atom is 0.252 e. The van der Waals surface area contributed by atoms with Crippen LogP contribution in [0.2, 0.25) is 0 Å². The Morgan fingerprint density at radius 1 is 0.952 bits per heavy atom. The van der Waals surface area contributed by atoms with Gasteiger partial charge >= 0.3 is 0 Å². The first-order valence-electron chi connectivity index (χ1n) is 7.07. The second kappa shape index (κ2) is 4.81. The van der Waals surface area contributed by atoms with Crippen molar-refractivity contribution in [1.82, 2.24) is 5.01 Å². The molecule has 2 aliphatic carbocycles. The molecule has 1 saturated heterocycles. The number of carbonyl (C=O) groups excluding carboxylic acids is 2. The molecule has 1 aromatic rings. The third-order valence-electron chi connectivity index (χ3n) is 5.00. The molecule has 0 aromatic heterocycles. The van der Waals surface area contributed by atoms with Gasteiger partial charge in [0.1, 0.15) is 0 Å². The summed E-state index contributed by atoms with van der Waals surface area (Å²) in [6.07, 6.45) is 0.956. The minimum Gasteiger partial charge on any atom is -0.289 e. The number of halogens is 2. The number of hydrogen-bond donors (Lipinski definition) is 1. The van der Waals surface area contributed by atoms with Gasteiger partial charge in [-0.25, -0.2) is 0 Å². The van der Waals surface area contributed by atoms with Crippen LogP contribution in [0.15, 0.2) is 30.3 Å². The summed E-state index contributed by atoms with van der Waals surface area (Å²) in [5, 5.41) is 1.23. The Morgan fingerprint density at radius 2 is 1.48 bits per heavy atom. The first-order valence-corrected chi connectivity index (χ1v) is 8.90. The van der Waals surface area contributed by atoms with Gasteiger partial charge in [-0.1, -0.05) is 50.1 Å². The van der Waals surface area contributed by atoms with Gasteiger partial charge in [0.25, 0.3) is 11.8 Å². The number of imide groups is 1. The zero-order chi connectivity index (χ0) is 14.7. The lowest BCUT2D eigenvalue weighted by Crippen LogP contribution is -2.38. The molecule has 6 atom stereocenters. The zero-order valence-electron chi connectivity index (χ0n) is 11.1. The number of fused-ring (bicyclic) bond motifs is 5. The molecule has 4 nitrogen and oxygen atoms in total. The van der Waals surface area contributed by atoms with E-state index < -0.39 is 0 Å². The summed E-state index contributed by atoms with van der Waals surface area (Å²) >= 11 is 7.36. The molecule has 2 amide bonds. The number of carbonyl (C=O) groups is 2. The molecule has 6 heteroatoms. The predicted molar refractivity (Wildman–Crippen MR) is 85.9 cm³/mol. The van der Waals surface area contributed by atoms with E-state index in [0.29, 0.717) is 0 Å². The fraction of sp³-hybridized carbons (Fsp3) is 0.467. The Bertz CT molecular complexity index is 577. The van der Waals surface area contributed by atoms with Gasteiger partial charge < -0.3 is 0 Å². The average molecular weight is 414 g/mol. The van der Waals surface area contributed by atoms with Crippen molar-refractivity contribution in [2.45, 2.75) is 16.1 Å². The Hall–Kier alpha value is -0.880. The zero-order valence-corrected chi connectivity index (χ0v) is 14.2. The van der Waals surface area contributed by atoms with Crippen LogP contribution in [0.4, 0.5) is 5.69 Å². The smallest absolute Gasteiger partial charge is 0.252 e. The Balaban J connectivity index is 1.62. The van der Waals surface area contributed by atoms with E-state index >= 15 is 0 Å². The highest BCUT2D eigenvalue weighted by molar-refractivity contribution is 9.12. The lowest BCUT2D eigenvalue weighted by atomic mass is 9.81. The number of hydrogen-bond acceptors (Lipinski definition) is 3.